The van der Waals surface area contributed by atoms with Crippen molar-refractivity contribution in [1.29, 1.82) is 0 Å². The third kappa shape index (κ3) is 2.49. The zero-order valence-corrected chi connectivity index (χ0v) is 11.7. The Kier molecular flexibility index (Phi) is 3.31. The van der Waals surface area contributed by atoms with Crippen LogP contribution in [0.1, 0.15) is 12.6 Å². The van der Waals surface area contributed by atoms with Gasteiger partial charge in [-0.05, 0) is 12.5 Å². The normalized spacial score (nSPS) is 11.7. The third-order valence-corrected chi connectivity index (χ3v) is 5.17. The molecule has 2 heterocycles. The van der Waals surface area contributed by atoms with Gasteiger partial charge in [-0.2, -0.15) is 5.10 Å². The predicted molar refractivity (Wildman–Crippen MR) is 72.1 cm³/mol. The van der Waals surface area contributed by atoms with E-state index >= 15 is 0 Å². The Morgan fingerprint density at radius 2 is 2.28 bits per heavy atom. The minimum Gasteiger partial charge on any atom is -0.398 e. The molecule has 0 aromatic carbocycles. The summed E-state index contributed by atoms with van der Waals surface area (Å²) in [5.74, 6) is 0. The van der Waals surface area contributed by atoms with Crippen molar-refractivity contribution < 1.29 is 8.42 Å². The number of sulfonamides is 1. The molecule has 0 bridgehead atoms. The van der Waals surface area contributed by atoms with E-state index < -0.39 is 10.0 Å². The Morgan fingerprint density at radius 1 is 1.56 bits per heavy atom. The Labute approximate surface area is 109 Å². The SMILES string of the molecule is CCc1nn(C)cc1NS(=O)(=O)c1cc(N)cs1. The number of nitrogens with one attached hydrogen (secondary N) is 1. The smallest absolute Gasteiger partial charge is 0.271 e. The van der Waals surface area contributed by atoms with Crippen LogP contribution in [0.2, 0.25) is 0 Å². The Balaban J connectivity index is 2.33. The summed E-state index contributed by atoms with van der Waals surface area (Å²) in [5.41, 5.74) is 7.20. The number of aromatic nitrogens is 2. The van der Waals surface area contributed by atoms with Crippen LogP contribution in [0.4, 0.5) is 11.4 Å². The lowest BCUT2D eigenvalue weighted by atomic mass is 10.3. The van der Waals surface area contributed by atoms with Crippen LogP contribution in [0.5, 0.6) is 0 Å². The average molecular weight is 286 g/mol. The van der Waals surface area contributed by atoms with Crippen molar-refractivity contribution >= 4 is 32.7 Å². The minimum atomic E-state index is -3.58. The zero-order chi connectivity index (χ0) is 13.3. The topological polar surface area (TPSA) is 90.0 Å². The van der Waals surface area contributed by atoms with Gasteiger partial charge < -0.3 is 5.73 Å². The number of hydrogen-bond acceptors (Lipinski definition) is 5. The molecule has 0 amide bonds. The molecule has 0 radical (unpaired) electrons. The van der Waals surface area contributed by atoms with Crippen molar-refractivity contribution in [2.45, 2.75) is 17.6 Å². The molecule has 18 heavy (non-hydrogen) atoms. The average Bonchev–Trinajstić information content (AvgIpc) is 2.84. The molecule has 0 saturated carbocycles. The molecule has 0 aliphatic heterocycles. The number of nitrogens with two attached hydrogens (primary N) is 1. The van der Waals surface area contributed by atoms with E-state index in [1.54, 1.807) is 23.3 Å². The van der Waals surface area contributed by atoms with E-state index in [0.717, 1.165) is 11.3 Å². The van der Waals surface area contributed by atoms with E-state index in [9.17, 15) is 8.42 Å². The summed E-state index contributed by atoms with van der Waals surface area (Å²) in [5, 5.41) is 5.78. The fraction of sp³-hybridized carbons (Fsp3) is 0.300. The number of thiophene rings is 1. The maximum Gasteiger partial charge on any atom is 0.271 e. The largest absolute Gasteiger partial charge is 0.398 e. The first-order valence-corrected chi connectivity index (χ1v) is 7.68. The van der Waals surface area contributed by atoms with E-state index in [0.29, 0.717) is 23.5 Å². The number of hydrogen-bond donors (Lipinski definition) is 2. The van der Waals surface area contributed by atoms with Crippen molar-refractivity contribution in [2.24, 2.45) is 7.05 Å². The molecule has 2 rings (SSSR count). The molecule has 2 aromatic rings. The van der Waals surface area contributed by atoms with Gasteiger partial charge in [0.2, 0.25) is 0 Å². The molecule has 2 aromatic heterocycles. The van der Waals surface area contributed by atoms with Crippen LogP contribution < -0.4 is 10.5 Å². The molecule has 0 aliphatic carbocycles. The molecule has 0 atom stereocenters. The van der Waals surface area contributed by atoms with Crippen molar-refractivity contribution in [3.63, 3.8) is 0 Å². The number of nitrogens with zero attached hydrogens (tertiary/aromatic N) is 2. The fourth-order valence-electron chi connectivity index (χ4n) is 1.55. The van der Waals surface area contributed by atoms with Gasteiger partial charge in [-0.15, -0.1) is 11.3 Å². The summed E-state index contributed by atoms with van der Waals surface area (Å²) in [6, 6.07) is 1.44. The standard InChI is InChI=1S/C10H14N4O2S2/c1-3-8-9(5-14(2)12-8)13-18(15,16)10-4-7(11)6-17-10/h4-6,13H,3,11H2,1-2H3. The van der Waals surface area contributed by atoms with Gasteiger partial charge in [-0.1, -0.05) is 6.92 Å². The van der Waals surface area contributed by atoms with Crippen LogP contribution in [-0.2, 0) is 23.5 Å². The van der Waals surface area contributed by atoms with Gasteiger partial charge in [-0.3, -0.25) is 9.40 Å². The second-order valence-corrected chi connectivity index (χ2v) is 6.64. The molecule has 8 heteroatoms. The first-order valence-electron chi connectivity index (χ1n) is 5.31. The van der Waals surface area contributed by atoms with Gasteiger partial charge in [0.1, 0.15) is 4.21 Å². The number of anilines is 2. The number of rotatable bonds is 4. The lowest BCUT2D eigenvalue weighted by Crippen LogP contribution is -2.12. The van der Waals surface area contributed by atoms with Crippen LogP contribution >= 0.6 is 11.3 Å². The maximum atomic E-state index is 12.1. The van der Waals surface area contributed by atoms with E-state index in [1.165, 1.54) is 6.07 Å². The Morgan fingerprint density at radius 3 is 2.83 bits per heavy atom. The summed E-state index contributed by atoms with van der Waals surface area (Å²) in [4.78, 5) is 0. The monoisotopic (exact) mass is 286 g/mol. The lowest BCUT2D eigenvalue weighted by Gasteiger charge is -2.04. The van der Waals surface area contributed by atoms with Gasteiger partial charge in [0.25, 0.3) is 10.0 Å². The van der Waals surface area contributed by atoms with Crippen molar-refractivity contribution in [3.8, 4) is 0 Å². The second-order valence-electron chi connectivity index (χ2n) is 3.82. The Bertz CT molecular complexity index is 657. The van der Waals surface area contributed by atoms with Gasteiger partial charge in [0, 0.05) is 24.3 Å². The first kappa shape index (κ1) is 12.9. The quantitative estimate of drug-likeness (QED) is 0.889. The highest BCUT2D eigenvalue weighted by atomic mass is 32.2. The van der Waals surface area contributed by atoms with Crippen LogP contribution in [0.3, 0.4) is 0 Å². The van der Waals surface area contributed by atoms with Crippen molar-refractivity contribution in [1.82, 2.24) is 9.78 Å². The predicted octanol–water partition coefficient (Wildman–Crippen LogP) is 1.43. The van der Waals surface area contributed by atoms with Gasteiger partial charge in [0.05, 0.1) is 11.4 Å². The van der Waals surface area contributed by atoms with E-state index in [2.05, 4.69) is 9.82 Å². The molecular weight excluding hydrogens is 272 g/mol. The van der Waals surface area contributed by atoms with E-state index in [-0.39, 0.29) is 4.21 Å². The van der Waals surface area contributed by atoms with Gasteiger partial charge in [-0.25, -0.2) is 8.42 Å². The highest BCUT2D eigenvalue weighted by Gasteiger charge is 2.19. The van der Waals surface area contributed by atoms with Crippen molar-refractivity contribution in [2.75, 3.05) is 10.5 Å². The first-order chi connectivity index (χ1) is 8.42. The van der Waals surface area contributed by atoms with Crippen LogP contribution in [0, 0.1) is 0 Å². The van der Waals surface area contributed by atoms with Crippen LogP contribution in [0.15, 0.2) is 21.9 Å². The minimum absolute atomic E-state index is 0.200. The molecule has 98 valence electrons. The molecule has 0 spiro atoms. The van der Waals surface area contributed by atoms with E-state index in [4.69, 9.17) is 5.73 Å². The van der Waals surface area contributed by atoms with Gasteiger partial charge >= 0.3 is 0 Å². The molecule has 6 nitrogen and oxygen atoms in total. The summed E-state index contributed by atoms with van der Waals surface area (Å²) in [7, 11) is -1.83. The summed E-state index contributed by atoms with van der Waals surface area (Å²) in [6.45, 7) is 1.92. The van der Waals surface area contributed by atoms with Crippen molar-refractivity contribution in [3.05, 3.63) is 23.3 Å². The summed E-state index contributed by atoms with van der Waals surface area (Å²) >= 11 is 1.09. The molecule has 0 saturated heterocycles. The number of aryl methyl sites for hydroxylation is 2. The van der Waals surface area contributed by atoms with Gasteiger partial charge in [0.15, 0.2) is 0 Å². The fourth-order valence-corrected chi connectivity index (χ4v) is 3.70. The molecule has 0 fully saturated rings. The summed E-state index contributed by atoms with van der Waals surface area (Å²) in [6.07, 6.45) is 2.30. The lowest BCUT2D eigenvalue weighted by molar-refractivity contribution is 0.603. The molecule has 3 N–H and O–H groups in total. The highest BCUT2D eigenvalue weighted by molar-refractivity contribution is 7.94. The third-order valence-electron chi connectivity index (χ3n) is 2.35. The maximum absolute atomic E-state index is 12.1. The summed E-state index contributed by atoms with van der Waals surface area (Å²) < 4.78 is 28.5. The highest BCUT2D eigenvalue weighted by Crippen LogP contribution is 2.25. The molecule has 0 unspecified atom stereocenters. The second kappa shape index (κ2) is 4.62. The zero-order valence-electron chi connectivity index (χ0n) is 10.0. The van der Waals surface area contributed by atoms with E-state index in [1.807, 2.05) is 6.92 Å². The van der Waals surface area contributed by atoms with Crippen LogP contribution in [-0.4, -0.2) is 18.2 Å². The number of nitrogen functional groups attached to an aromatic ring is 1. The molecule has 0 aliphatic rings. The molecular formula is C10H14N4O2S2. The van der Waals surface area contributed by atoms with Crippen LogP contribution in [0.25, 0.3) is 0 Å². The Hall–Kier alpha value is -1.54.